The van der Waals surface area contributed by atoms with Crippen LogP contribution in [0.5, 0.6) is 0 Å². The third-order valence-electron chi connectivity index (χ3n) is 3.41. The van der Waals surface area contributed by atoms with E-state index in [9.17, 15) is 0 Å². The number of ether oxygens (including phenoxy) is 1. The van der Waals surface area contributed by atoms with Crippen molar-refractivity contribution in [2.75, 3.05) is 11.9 Å². The van der Waals surface area contributed by atoms with E-state index in [1.807, 2.05) is 0 Å². The maximum absolute atomic E-state index is 6.07. The second-order valence-corrected chi connectivity index (χ2v) is 5.35. The first kappa shape index (κ1) is 13.5. The highest BCUT2D eigenvalue weighted by Crippen LogP contribution is 2.34. The van der Waals surface area contributed by atoms with E-state index in [1.165, 1.54) is 57.8 Å². The van der Waals surface area contributed by atoms with Gasteiger partial charge in [0.25, 0.3) is 0 Å². The van der Waals surface area contributed by atoms with Crippen molar-refractivity contribution in [1.29, 1.82) is 0 Å². The summed E-state index contributed by atoms with van der Waals surface area (Å²) in [6, 6.07) is 0. The fraction of sp³-hybridized carbons (Fsp3) is 1.00. The van der Waals surface area contributed by atoms with Gasteiger partial charge in [-0.05, 0) is 19.3 Å². The molecule has 0 bridgehead atoms. The lowest BCUT2D eigenvalue weighted by molar-refractivity contribution is -0.0231. The Morgan fingerprint density at radius 2 is 1.73 bits per heavy atom. The fourth-order valence-corrected chi connectivity index (χ4v) is 3.05. The Morgan fingerprint density at radius 1 is 1.07 bits per heavy atom. The molecule has 1 nitrogen and oxygen atoms in total. The Balaban J connectivity index is 2.02. The van der Waals surface area contributed by atoms with Crippen molar-refractivity contribution in [2.45, 2.75) is 70.3 Å². The summed E-state index contributed by atoms with van der Waals surface area (Å²) in [4.78, 5) is 0. The number of hydrogen-bond donors (Lipinski definition) is 0. The summed E-state index contributed by atoms with van der Waals surface area (Å²) in [5, 5.41) is 1.02. The van der Waals surface area contributed by atoms with E-state index in [-0.39, 0.29) is 5.60 Å². The highest BCUT2D eigenvalue weighted by Gasteiger charge is 2.33. The molecule has 0 aromatic heterocycles. The van der Waals surface area contributed by atoms with Gasteiger partial charge in [-0.25, -0.2) is 0 Å². The van der Waals surface area contributed by atoms with Gasteiger partial charge >= 0.3 is 0 Å². The highest BCUT2D eigenvalue weighted by atomic mass is 79.9. The van der Waals surface area contributed by atoms with Crippen molar-refractivity contribution in [1.82, 2.24) is 0 Å². The van der Waals surface area contributed by atoms with Gasteiger partial charge in [-0.3, -0.25) is 0 Å². The molecule has 1 fully saturated rings. The molecule has 1 aliphatic carbocycles. The van der Waals surface area contributed by atoms with E-state index in [1.54, 1.807) is 0 Å². The van der Waals surface area contributed by atoms with Crippen molar-refractivity contribution in [3.63, 3.8) is 0 Å². The Morgan fingerprint density at radius 3 is 2.33 bits per heavy atom. The van der Waals surface area contributed by atoms with E-state index in [0.29, 0.717) is 0 Å². The van der Waals surface area contributed by atoms with Crippen molar-refractivity contribution < 1.29 is 4.74 Å². The summed E-state index contributed by atoms with van der Waals surface area (Å²) in [6.45, 7) is 3.23. The number of halogens is 1. The average Bonchev–Trinajstić information content (AvgIpc) is 2.73. The van der Waals surface area contributed by atoms with Crippen molar-refractivity contribution >= 4 is 15.9 Å². The van der Waals surface area contributed by atoms with Crippen LogP contribution in [0.4, 0.5) is 0 Å². The summed E-state index contributed by atoms with van der Waals surface area (Å²) in [7, 11) is 0. The average molecular weight is 277 g/mol. The summed E-state index contributed by atoms with van der Waals surface area (Å²) in [5.74, 6) is 0. The molecule has 0 saturated heterocycles. The molecule has 0 aromatic carbocycles. The summed E-state index contributed by atoms with van der Waals surface area (Å²) in [6.07, 6.45) is 11.9. The standard InChI is InChI=1S/C13H25BrO/c1-2-3-4-5-8-11-15-13(12-14)9-6-7-10-13/h2-12H2,1H3. The fourth-order valence-electron chi connectivity index (χ4n) is 2.33. The highest BCUT2D eigenvalue weighted by molar-refractivity contribution is 9.09. The number of hydrogen-bond acceptors (Lipinski definition) is 1. The molecular formula is C13H25BrO. The number of alkyl halides is 1. The normalized spacial score (nSPS) is 19.6. The van der Waals surface area contributed by atoms with E-state index in [2.05, 4.69) is 22.9 Å². The molecule has 0 heterocycles. The summed E-state index contributed by atoms with van der Waals surface area (Å²) < 4.78 is 6.07. The van der Waals surface area contributed by atoms with Gasteiger partial charge in [0.05, 0.1) is 5.60 Å². The maximum Gasteiger partial charge on any atom is 0.0778 e. The molecular weight excluding hydrogens is 252 g/mol. The topological polar surface area (TPSA) is 9.23 Å². The first-order valence-electron chi connectivity index (χ1n) is 6.53. The predicted octanol–water partition coefficient (Wildman–Crippen LogP) is 4.68. The minimum atomic E-state index is 0.199. The molecule has 0 unspecified atom stereocenters. The van der Waals surface area contributed by atoms with Gasteiger partial charge in [0, 0.05) is 11.9 Å². The Kier molecular flexibility index (Phi) is 6.91. The predicted molar refractivity (Wildman–Crippen MR) is 69.7 cm³/mol. The molecule has 0 N–H and O–H groups in total. The van der Waals surface area contributed by atoms with Crippen LogP contribution in [0.15, 0.2) is 0 Å². The minimum Gasteiger partial charge on any atom is -0.374 e. The smallest absolute Gasteiger partial charge is 0.0778 e. The second kappa shape index (κ2) is 7.67. The molecule has 1 aliphatic rings. The van der Waals surface area contributed by atoms with Gasteiger partial charge in [-0.2, -0.15) is 0 Å². The molecule has 0 amide bonds. The number of rotatable bonds is 8. The van der Waals surface area contributed by atoms with Gasteiger partial charge in [0.15, 0.2) is 0 Å². The van der Waals surface area contributed by atoms with Crippen molar-refractivity contribution in [2.24, 2.45) is 0 Å². The van der Waals surface area contributed by atoms with Gasteiger partial charge in [-0.15, -0.1) is 0 Å². The largest absolute Gasteiger partial charge is 0.374 e. The van der Waals surface area contributed by atoms with Crippen LogP contribution < -0.4 is 0 Å². The van der Waals surface area contributed by atoms with Gasteiger partial charge in [0.2, 0.25) is 0 Å². The lowest BCUT2D eigenvalue weighted by Crippen LogP contribution is -2.31. The lowest BCUT2D eigenvalue weighted by Gasteiger charge is -2.27. The Hall–Kier alpha value is 0.440. The molecule has 0 aromatic rings. The van der Waals surface area contributed by atoms with Crippen LogP contribution >= 0.6 is 15.9 Å². The molecule has 1 rings (SSSR count). The Bertz CT molecular complexity index is 153. The third-order valence-corrected chi connectivity index (χ3v) is 4.44. The van der Waals surface area contributed by atoms with Crippen LogP contribution in [0.25, 0.3) is 0 Å². The molecule has 15 heavy (non-hydrogen) atoms. The van der Waals surface area contributed by atoms with E-state index in [0.717, 1.165) is 11.9 Å². The van der Waals surface area contributed by atoms with Gasteiger partial charge < -0.3 is 4.74 Å². The molecule has 1 saturated carbocycles. The van der Waals surface area contributed by atoms with E-state index < -0.39 is 0 Å². The first-order chi connectivity index (χ1) is 7.33. The third kappa shape index (κ3) is 4.86. The molecule has 2 heteroatoms. The van der Waals surface area contributed by atoms with Crippen molar-refractivity contribution in [3.05, 3.63) is 0 Å². The SMILES string of the molecule is CCCCCCCOC1(CBr)CCCC1. The first-order valence-corrected chi connectivity index (χ1v) is 7.65. The summed E-state index contributed by atoms with van der Waals surface area (Å²) >= 11 is 3.60. The van der Waals surface area contributed by atoms with Crippen LogP contribution in [-0.4, -0.2) is 17.5 Å². The van der Waals surface area contributed by atoms with Crippen LogP contribution in [-0.2, 0) is 4.74 Å². The van der Waals surface area contributed by atoms with E-state index in [4.69, 9.17) is 4.74 Å². The van der Waals surface area contributed by atoms with Gasteiger partial charge in [0.1, 0.15) is 0 Å². The number of unbranched alkanes of at least 4 members (excludes halogenated alkanes) is 4. The quantitative estimate of drug-likeness (QED) is 0.462. The monoisotopic (exact) mass is 276 g/mol. The zero-order chi connectivity index (χ0) is 11.0. The second-order valence-electron chi connectivity index (χ2n) is 4.79. The molecule has 90 valence electrons. The molecule has 0 radical (unpaired) electrons. The van der Waals surface area contributed by atoms with Gasteiger partial charge in [-0.1, -0.05) is 61.4 Å². The van der Waals surface area contributed by atoms with Crippen LogP contribution in [0.3, 0.4) is 0 Å². The molecule has 0 spiro atoms. The lowest BCUT2D eigenvalue weighted by atomic mass is 10.1. The van der Waals surface area contributed by atoms with E-state index >= 15 is 0 Å². The molecule has 0 atom stereocenters. The zero-order valence-corrected chi connectivity index (χ0v) is 11.7. The molecule has 0 aliphatic heterocycles. The summed E-state index contributed by atoms with van der Waals surface area (Å²) in [5.41, 5.74) is 0.199. The maximum atomic E-state index is 6.07. The zero-order valence-electron chi connectivity index (χ0n) is 10.1. The van der Waals surface area contributed by atoms with Crippen LogP contribution in [0.1, 0.15) is 64.7 Å². The van der Waals surface area contributed by atoms with Crippen LogP contribution in [0, 0.1) is 0 Å². The Labute approximate surface area is 103 Å². The van der Waals surface area contributed by atoms with Crippen molar-refractivity contribution in [3.8, 4) is 0 Å². The minimum absolute atomic E-state index is 0.199. The van der Waals surface area contributed by atoms with Crippen LogP contribution in [0.2, 0.25) is 0 Å².